The van der Waals surface area contributed by atoms with Crippen LogP contribution in [-0.2, 0) is 13.1 Å². The van der Waals surface area contributed by atoms with Crippen LogP contribution < -0.4 is 5.32 Å². The van der Waals surface area contributed by atoms with Crippen molar-refractivity contribution in [1.29, 1.82) is 0 Å². The summed E-state index contributed by atoms with van der Waals surface area (Å²) in [5, 5.41) is 3.16. The van der Waals surface area contributed by atoms with E-state index in [9.17, 15) is 9.59 Å². The lowest BCUT2D eigenvalue weighted by molar-refractivity contribution is 0.0900. The SMILES string of the molecule is O=C(NC1CCN(Cc2ccccc2)CC1)c1ccc(C(=O)CC2CCN(Cc3ccccc3)CC2)nc1. The quantitative estimate of drug-likeness (QED) is 0.412. The number of hydrogen-bond acceptors (Lipinski definition) is 5. The molecular weight excluding hydrogens is 472 g/mol. The number of rotatable bonds is 9. The predicted octanol–water partition coefficient (Wildman–Crippen LogP) is 4.96. The van der Waals surface area contributed by atoms with Crippen LogP contribution in [0.15, 0.2) is 79.0 Å². The Kier molecular flexibility index (Phi) is 8.94. The Morgan fingerprint density at radius 3 is 1.82 bits per heavy atom. The topological polar surface area (TPSA) is 65.5 Å². The van der Waals surface area contributed by atoms with Crippen molar-refractivity contribution in [2.45, 2.75) is 51.2 Å². The Balaban J connectivity index is 1.03. The molecule has 0 aliphatic carbocycles. The first-order valence-electron chi connectivity index (χ1n) is 13.9. The zero-order chi connectivity index (χ0) is 26.2. The predicted molar refractivity (Wildman–Crippen MR) is 150 cm³/mol. The van der Waals surface area contributed by atoms with E-state index in [-0.39, 0.29) is 17.7 Å². The number of hydrogen-bond donors (Lipinski definition) is 1. The van der Waals surface area contributed by atoms with Gasteiger partial charge in [-0.3, -0.25) is 24.4 Å². The molecule has 6 nitrogen and oxygen atoms in total. The van der Waals surface area contributed by atoms with E-state index in [1.165, 1.54) is 11.1 Å². The summed E-state index contributed by atoms with van der Waals surface area (Å²) in [5.41, 5.74) is 3.64. The van der Waals surface area contributed by atoms with E-state index in [0.29, 0.717) is 23.6 Å². The van der Waals surface area contributed by atoms with Crippen LogP contribution in [0, 0.1) is 5.92 Å². The molecule has 2 saturated heterocycles. The van der Waals surface area contributed by atoms with Gasteiger partial charge in [0, 0.05) is 44.8 Å². The molecule has 0 bridgehead atoms. The van der Waals surface area contributed by atoms with Gasteiger partial charge in [0.1, 0.15) is 5.69 Å². The lowest BCUT2D eigenvalue weighted by Crippen LogP contribution is -2.44. The third kappa shape index (κ3) is 7.36. The molecule has 0 saturated carbocycles. The minimum Gasteiger partial charge on any atom is -0.349 e. The summed E-state index contributed by atoms with van der Waals surface area (Å²) in [7, 11) is 0. The minimum atomic E-state index is -0.108. The van der Waals surface area contributed by atoms with Gasteiger partial charge in [-0.2, -0.15) is 0 Å². The highest BCUT2D eigenvalue weighted by atomic mass is 16.1. The van der Waals surface area contributed by atoms with Gasteiger partial charge in [-0.05, 0) is 68.0 Å². The summed E-state index contributed by atoms with van der Waals surface area (Å²) in [6, 6.07) is 24.7. The van der Waals surface area contributed by atoms with Gasteiger partial charge in [-0.25, -0.2) is 0 Å². The van der Waals surface area contributed by atoms with Gasteiger partial charge in [0.15, 0.2) is 5.78 Å². The lowest BCUT2D eigenvalue weighted by Gasteiger charge is -2.32. The van der Waals surface area contributed by atoms with Crippen molar-refractivity contribution in [2.75, 3.05) is 26.2 Å². The van der Waals surface area contributed by atoms with Gasteiger partial charge in [0.25, 0.3) is 5.91 Å². The molecule has 6 heteroatoms. The van der Waals surface area contributed by atoms with E-state index >= 15 is 0 Å². The van der Waals surface area contributed by atoms with Crippen LogP contribution >= 0.6 is 0 Å². The summed E-state index contributed by atoms with van der Waals surface area (Å²) < 4.78 is 0. The number of Topliss-reactive ketones (excluding diaryl/α,β-unsaturated/α-hetero) is 1. The van der Waals surface area contributed by atoms with Crippen LogP contribution in [0.2, 0.25) is 0 Å². The lowest BCUT2D eigenvalue weighted by atomic mass is 9.90. The van der Waals surface area contributed by atoms with Crippen LogP contribution in [0.25, 0.3) is 0 Å². The molecular formula is C32H38N4O2. The van der Waals surface area contributed by atoms with Crippen LogP contribution in [0.1, 0.15) is 64.1 Å². The molecule has 3 heterocycles. The zero-order valence-electron chi connectivity index (χ0n) is 22.1. The highest BCUT2D eigenvalue weighted by Crippen LogP contribution is 2.23. The van der Waals surface area contributed by atoms with Gasteiger partial charge in [-0.15, -0.1) is 0 Å². The second-order valence-corrected chi connectivity index (χ2v) is 10.8. The number of pyridine rings is 1. The van der Waals surface area contributed by atoms with E-state index < -0.39 is 0 Å². The average molecular weight is 511 g/mol. The number of nitrogens with zero attached hydrogens (tertiary/aromatic N) is 3. The van der Waals surface area contributed by atoms with Crippen molar-refractivity contribution in [1.82, 2.24) is 20.1 Å². The number of piperidine rings is 2. The number of likely N-dealkylation sites (tertiary alicyclic amines) is 2. The standard InChI is InChI=1S/C32H38N4O2/c37-31(21-25-13-17-35(18-14-25)23-26-7-3-1-4-8-26)30-12-11-28(22-33-30)32(38)34-29-15-19-36(20-16-29)24-27-9-5-2-6-10-27/h1-12,22,25,29H,13-21,23-24H2,(H,34,38). The molecule has 2 aliphatic rings. The monoisotopic (exact) mass is 510 g/mol. The normalized spacial score (nSPS) is 17.8. The van der Waals surface area contributed by atoms with Gasteiger partial charge in [0.05, 0.1) is 5.56 Å². The van der Waals surface area contributed by atoms with Crippen LogP contribution in [0.5, 0.6) is 0 Å². The van der Waals surface area contributed by atoms with Crippen LogP contribution in [-0.4, -0.2) is 58.7 Å². The number of aromatic nitrogens is 1. The Morgan fingerprint density at radius 2 is 1.29 bits per heavy atom. The van der Waals surface area contributed by atoms with Crippen molar-refractivity contribution in [3.63, 3.8) is 0 Å². The number of amides is 1. The second kappa shape index (κ2) is 12.9. The first-order valence-corrected chi connectivity index (χ1v) is 13.9. The summed E-state index contributed by atoms with van der Waals surface area (Å²) in [6.07, 6.45) is 6.01. The Morgan fingerprint density at radius 1 is 0.737 bits per heavy atom. The minimum absolute atomic E-state index is 0.0734. The van der Waals surface area contributed by atoms with Gasteiger partial charge < -0.3 is 5.32 Å². The maximum absolute atomic E-state index is 12.9. The van der Waals surface area contributed by atoms with E-state index in [1.807, 2.05) is 12.1 Å². The summed E-state index contributed by atoms with van der Waals surface area (Å²) in [5.74, 6) is 0.361. The molecule has 5 rings (SSSR count). The largest absolute Gasteiger partial charge is 0.349 e. The molecule has 38 heavy (non-hydrogen) atoms. The van der Waals surface area contributed by atoms with Gasteiger partial charge in [-0.1, -0.05) is 60.7 Å². The van der Waals surface area contributed by atoms with Crippen molar-refractivity contribution in [3.8, 4) is 0 Å². The first kappa shape index (κ1) is 26.3. The summed E-state index contributed by atoms with van der Waals surface area (Å²) in [6.45, 7) is 5.90. The smallest absolute Gasteiger partial charge is 0.253 e. The Bertz CT molecular complexity index is 1070. The summed E-state index contributed by atoms with van der Waals surface area (Å²) >= 11 is 0. The Hall–Kier alpha value is -3.35. The number of ketones is 1. The van der Waals surface area contributed by atoms with E-state index in [1.54, 1.807) is 18.3 Å². The highest BCUT2D eigenvalue weighted by Gasteiger charge is 2.24. The van der Waals surface area contributed by atoms with E-state index in [4.69, 9.17) is 0 Å². The molecule has 2 aliphatic heterocycles. The molecule has 1 N–H and O–H groups in total. The van der Waals surface area contributed by atoms with E-state index in [2.05, 4.69) is 68.6 Å². The molecule has 198 valence electrons. The number of benzene rings is 2. The van der Waals surface area contributed by atoms with Crippen molar-refractivity contribution in [2.24, 2.45) is 5.92 Å². The van der Waals surface area contributed by atoms with Crippen molar-refractivity contribution in [3.05, 3.63) is 101 Å². The fourth-order valence-electron chi connectivity index (χ4n) is 5.60. The number of carbonyl (C=O) groups is 2. The van der Waals surface area contributed by atoms with Crippen LogP contribution in [0.4, 0.5) is 0 Å². The molecule has 1 aromatic heterocycles. The van der Waals surface area contributed by atoms with Crippen LogP contribution in [0.3, 0.4) is 0 Å². The molecule has 2 fully saturated rings. The van der Waals surface area contributed by atoms with Crippen molar-refractivity contribution >= 4 is 11.7 Å². The molecule has 0 radical (unpaired) electrons. The second-order valence-electron chi connectivity index (χ2n) is 10.8. The fraction of sp³-hybridized carbons (Fsp3) is 0.406. The highest BCUT2D eigenvalue weighted by molar-refractivity contribution is 5.97. The fourth-order valence-corrected chi connectivity index (χ4v) is 5.60. The van der Waals surface area contributed by atoms with Gasteiger partial charge >= 0.3 is 0 Å². The average Bonchev–Trinajstić information content (AvgIpc) is 2.96. The third-order valence-corrected chi connectivity index (χ3v) is 7.91. The Labute approximate surface area is 226 Å². The molecule has 0 atom stereocenters. The maximum atomic E-state index is 12.9. The summed E-state index contributed by atoms with van der Waals surface area (Å²) in [4.78, 5) is 34.9. The van der Waals surface area contributed by atoms with Crippen molar-refractivity contribution < 1.29 is 9.59 Å². The first-order chi connectivity index (χ1) is 18.6. The zero-order valence-corrected chi connectivity index (χ0v) is 22.1. The molecule has 0 spiro atoms. The maximum Gasteiger partial charge on any atom is 0.253 e. The van der Waals surface area contributed by atoms with Gasteiger partial charge in [0.2, 0.25) is 0 Å². The molecule has 0 unspecified atom stereocenters. The van der Waals surface area contributed by atoms with E-state index in [0.717, 1.165) is 65.0 Å². The number of nitrogens with one attached hydrogen (secondary N) is 1. The number of carbonyl (C=O) groups excluding carboxylic acids is 2. The molecule has 1 amide bonds. The molecule has 2 aromatic carbocycles. The third-order valence-electron chi connectivity index (χ3n) is 7.91. The molecule has 3 aromatic rings.